The largest absolute Gasteiger partial charge is 0.490 e. The number of fused-ring (bicyclic) bond motifs is 1. The Morgan fingerprint density at radius 1 is 1.57 bits per heavy atom. The van der Waals surface area contributed by atoms with E-state index in [-0.39, 0.29) is 11.7 Å². The average molecular weight is 260 g/mol. The summed E-state index contributed by atoms with van der Waals surface area (Å²) in [5.74, 6) is 0.271. The van der Waals surface area contributed by atoms with Gasteiger partial charge < -0.3 is 10.5 Å². The van der Waals surface area contributed by atoms with Crippen LogP contribution in [0, 0.1) is 5.82 Å². The Kier molecular flexibility index (Phi) is 2.74. The van der Waals surface area contributed by atoms with Gasteiger partial charge in [0.05, 0.1) is 6.61 Å². The molecule has 76 valence electrons. The molecule has 0 fully saturated rings. The Morgan fingerprint density at radius 3 is 3.07 bits per heavy atom. The Hall–Kier alpha value is -0.610. The first-order valence-electron chi connectivity index (χ1n) is 4.54. The average Bonchev–Trinajstić information content (AvgIpc) is 2.17. The van der Waals surface area contributed by atoms with Gasteiger partial charge in [0.1, 0.15) is 0 Å². The molecule has 1 heterocycles. The van der Waals surface area contributed by atoms with E-state index in [2.05, 4.69) is 15.9 Å². The predicted octanol–water partition coefficient (Wildman–Crippen LogP) is 2.41. The third-order valence-electron chi connectivity index (χ3n) is 2.47. The summed E-state index contributed by atoms with van der Waals surface area (Å²) in [5.41, 5.74) is 6.51. The highest BCUT2D eigenvalue weighted by atomic mass is 79.9. The molecular formula is C10H11BrFNO. The fourth-order valence-corrected chi connectivity index (χ4v) is 2.19. The van der Waals surface area contributed by atoms with Crippen molar-refractivity contribution in [2.75, 3.05) is 13.2 Å². The Balaban J connectivity index is 2.51. The van der Waals surface area contributed by atoms with Crippen LogP contribution in [0.5, 0.6) is 5.75 Å². The lowest BCUT2D eigenvalue weighted by Crippen LogP contribution is -2.21. The zero-order chi connectivity index (χ0) is 10.1. The highest BCUT2D eigenvalue weighted by molar-refractivity contribution is 9.10. The lowest BCUT2D eigenvalue weighted by atomic mass is 9.93. The maximum Gasteiger partial charge on any atom is 0.166 e. The van der Waals surface area contributed by atoms with Crippen molar-refractivity contribution in [3.05, 3.63) is 28.0 Å². The molecule has 0 spiro atoms. The molecule has 0 amide bonds. The SMILES string of the molecule is NCC1CCOc2c(F)cc(Br)cc21. The van der Waals surface area contributed by atoms with Gasteiger partial charge in [0.15, 0.2) is 11.6 Å². The van der Waals surface area contributed by atoms with Gasteiger partial charge in [-0.15, -0.1) is 0 Å². The molecule has 0 saturated heterocycles. The van der Waals surface area contributed by atoms with Crippen LogP contribution in [0.2, 0.25) is 0 Å². The molecule has 1 aromatic rings. The van der Waals surface area contributed by atoms with E-state index in [1.54, 1.807) is 0 Å². The number of benzene rings is 1. The van der Waals surface area contributed by atoms with Gasteiger partial charge in [-0.1, -0.05) is 15.9 Å². The van der Waals surface area contributed by atoms with Crippen molar-refractivity contribution in [1.29, 1.82) is 0 Å². The smallest absolute Gasteiger partial charge is 0.166 e. The van der Waals surface area contributed by atoms with Crippen molar-refractivity contribution in [1.82, 2.24) is 0 Å². The molecule has 0 aromatic heterocycles. The lowest BCUT2D eigenvalue weighted by Gasteiger charge is -2.25. The summed E-state index contributed by atoms with van der Waals surface area (Å²) in [6, 6.07) is 3.30. The van der Waals surface area contributed by atoms with Crippen LogP contribution in [-0.4, -0.2) is 13.2 Å². The van der Waals surface area contributed by atoms with Gasteiger partial charge in [0, 0.05) is 16.0 Å². The summed E-state index contributed by atoms with van der Waals surface area (Å²) in [7, 11) is 0. The minimum absolute atomic E-state index is 0.214. The van der Waals surface area contributed by atoms with Crippen LogP contribution >= 0.6 is 15.9 Å². The molecule has 4 heteroatoms. The Morgan fingerprint density at radius 2 is 2.36 bits per heavy atom. The lowest BCUT2D eigenvalue weighted by molar-refractivity contribution is 0.255. The fourth-order valence-electron chi connectivity index (χ4n) is 1.74. The van der Waals surface area contributed by atoms with Gasteiger partial charge in [-0.2, -0.15) is 0 Å². The molecule has 1 unspecified atom stereocenters. The quantitative estimate of drug-likeness (QED) is 0.841. The van der Waals surface area contributed by atoms with Gasteiger partial charge in [0.25, 0.3) is 0 Å². The monoisotopic (exact) mass is 259 g/mol. The first-order valence-corrected chi connectivity index (χ1v) is 5.33. The summed E-state index contributed by atoms with van der Waals surface area (Å²) in [6.45, 7) is 1.08. The van der Waals surface area contributed by atoms with Gasteiger partial charge in [-0.25, -0.2) is 4.39 Å². The van der Waals surface area contributed by atoms with Crippen LogP contribution in [0.1, 0.15) is 17.9 Å². The van der Waals surface area contributed by atoms with Gasteiger partial charge in [0.2, 0.25) is 0 Å². The molecule has 2 rings (SSSR count). The van der Waals surface area contributed by atoms with E-state index < -0.39 is 0 Å². The molecule has 0 aliphatic carbocycles. The fraction of sp³-hybridized carbons (Fsp3) is 0.400. The summed E-state index contributed by atoms with van der Waals surface area (Å²) in [6.07, 6.45) is 0.861. The Labute approximate surface area is 90.4 Å². The summed E-state index contributed by atoms with van der Waals surface area (Å²) in [5, 5.41) is 0. The molecule has 1 aliphatic rings. The number of halogens is 2. The summed E-state index contributed by atoms with van der Waals surface area (Å²) < 4.78 is 19.5. The summed E-state index contributed by atoms with van der Waals surface area (Å²) in [4.78, 5) is 0. The molecule has 14 heavy (non-hydrogen) atoms. The molecule has 1 atom stereocenters. The van der Waals surface area contributed by atoms with Crippen LogP contribution < -0.4 is 10.5 Å². The van der Waals surface area contributed by atoms with E-state index in [4.69, 9.17) is 10.5 Å². The Bertz CT molecular complexity index is 356. The molecule has 0 bridgehead atoms. The topological polar surface area (TPSA) is 35.2 Å². The number of hydrogen-bond acceptors (Lipinski definition) is 2. The predicted molar refractivity (Wildman–Crippen MR) is 56.0 cm³/mol. The minimum atomic E-state index is -0.312. The highest BCUT2D eigenvalue weighted by Gasteiger charge is 2.23. The van der Waals surface area contributed by atoms with Crippen molar-refractivity contribution in [3.63, 3.8) is 0 Å². The van der Waals surface area contributed by atoms with Crippen molar-refractivity contribution in [3.8, 4) is 5.75 Å². The van der Waals surface area contributed by atoms with Crippen LogP contribution in [0.4, 0.5) is 4.39 Å². The van der Waals surface area contributed by atoms with E-state index in [0.717, 1.165) is 16.5 Å². The maximum absolute atomic E-state index is 13.4. The second-order valence-corrected chi connectivity index (χ2v) is 4.29. The molecule has 1 aromatic carbocycles. The standard InChI is InChI=1S/C10H11BrFNO/c11-7-3-8-6(5-13)1-2-14-10(8)9(12)4-7/h3-4,6H,1-2,5,13H2. The van der Waals surface area contributed by atoms with Crippen LogP contribution in [0.15, 0.2) is 16.6 Å². The van der Waals surface area contributed by atoms with E-state index in [0.29, 0.717) is 18.9 Å². The third kappa shape index (κ3) is 1.64. The summed E-state index contributed by atoms with van der Waals surface area (Å²) >= 11 is 3.26. The van der Waals surface area contributed by atoms with Crippen LogP contribution in [0.25, 0.3) is 0 Å². The first kappa shape index (κ1) is 9.93. The van der Waals surface area contributed by atoms with E-state index in [1.165, 1.54) is 6.07 Å². The molecule has 1 aliphatic heterocycles. The maximum atomic E-state index is 13.4. The van der Waals surface area contributed by atoms with Gasteiger partial charge in [-0.05, 0) is 25.1 Å². The van der Waals surface area contributed by atoms with Crippen LogP contribution in [-0.2, 0) is 0 Å². The second kappa shape index (κ2) is 3.87. The number of hydrogen-bond donors (Lipinski definition) is 1. The third-order valence-corrected chi connectivity index (χ3v) is 2.93. The highest BCUT2D eigenvalue weighted by Crippen LogP contribution is 2.37. The molecule has 2 nitrogen and oxygen atoms in total. The van der Waals surface area contributed by atoms with E-state index in [9.17, 15) is 4.39 Å². The van der Waals surface area contributed by atoms with Crippen molar-refractivity contribution in [2.45, 2.75) is 12.3 Å². The zero-order valence-corrected chi connectivity index (χ0v) is 9.18. The van der Waals surface area contributed by atoms with Crippen molar-refractivity contribution < 1.29 is 9.13 Å². The number of rotatable bonds is 1. The molecule has 0 radical (unpaired) electrons. The van der Waals surface area contributed by atoms with Crippen LogP contribution in [0.3, 0.4) is 0 Å². The second-order valence-electron chi connectivity index (χ2n) is 3.38. The van der Waals surface area contributed by atoms with E-state index >= 15 is 0 Å². The minimum Gasteiger partial charge on any atom is -0.490 e. The van der Waals surface area contributed by atoms with Gasteiger partial charge in [-0.3, -0.25) is 0 Å². The number of ether oxygens (including phenoxy) is 1. The molecule has 0 saturated carbocycles. The molecule has 2 N–H and O–H groups in total. The zero-order valence-electron chi connectivity index (χ0n) is 7.59. The number of nitrogens with two attached hydrogens (primary N) is 1. The van der Waals surface area contributed by atoms with Gasteiger partial charge >= 0.3 is 0 Å². The first-order chi connectivity index (χ1) is 6.72. The van der Waals surface area contributed by atoms with E-state index in [1.807, 2.05) is 6.07 Å². The molecular weight excluding hydrogens is 249 g/mol. The normalized spacial score (nSPS) is 20.1. The van der Waals surface area contributed by atoms with Crippen molar-refractivity contribution >= 4 is 15.9 Å². The van der Waals surface area contributed by atoms with Crippen molar-refractivity contribution in [2.24, 2.45) is 5.73 Å².